The summed E-state index contributed by atoms with van der Waals surface area (Å²) in [7, 11) is 2.18. The second kappa shape index (κ2) is 9.23. The summed E-state index contributed by atoms with van der Waals surface area (Å²) in [6.07, 6.45) is 0. The zero-order valence-corrected chi connectivity index (χ0v) is 14.8. The molecule has 1 saturated heterocycles. The monoisotopic (exact) mass is 347 g/mol. The van der Waals surface area contributed by atoms with Crippen molar-refractivity contribution < 1.29 is 0 Å². The van der Waals surface area contributed by atoms with Crippen molar-refractivity contribution in [1.29, 1.82) is 0 Å². The number of nitrogens with one attached hydrogen (secondary N) is 1. The van der Waals surface area contributed by atoms with Crippen LogP contribution in [-0.4, -0.2) is 68.4 Å². The van der Waals surface area contributed by atoms with E-state index in [4.69, 9.17) is 23.2 Å². The Bertz CT molecular complexity index is 439. The first-order chi connectivity index (χ1) is 10.1. The quantitative estimate of drug-likeness (QED) is 0.764. The highest BCUT2D eigenvalue weighted by Crippen LogP contribution is 2.29. The van der Waals surface area contributed by atoms with Crippen LogP contribution in [0.1, 0.15) is 0 Å². The summed E-state index contributed by atoms with van der Waals surface area (Å²) in [5.41, 5.74) is 0. The van der Waals surface area contributed by atoms with Crippen LogP contribution in [0, 0.1) is 0 Å². The first kappa shape index (κ1) is 17.4. The van der Waals surface area contributed by atoms with Gasteiger partial charge in [0.25, 0.3) is 0 Å². The number of hydrogen-bond donors (Lipinski definition) is 1. The standard InChI is InChI=1S/C15H23Cl2N3S/c1-19(8-9-20-6-4-18-5-7-20)10-11-21-15-12-13(16)2-3-14(15)17/h2-3,12,18H,4-11H2,1H3. The van der Waals surface area contributed by atoms with Crippen molar-refractivity contribution in [3.63, 3.8) is 0 Å². The van der Waals surface area contributed by atoms with Gasteiger partial charge in [-0.2, -0.15) is 0 Å². The van der Waals surface area contributed by atoms with E-state index in [1.807, 2.05) is 18.2 Å². The van der Waals surface area contributed by atoms with Crippen molar-refractivity contribution in [3.8, 4) is 0 Å². The van der Waals surface area contributed by atoms with E-state index in [1.165, 1.54) is 13.1 Å². The number of thioether (sulfide) groups is 1. The lowest BCUT2D eigenvalue weighted by molar-refractivity contribution is 0.209. The van der Waals surface area contributed by atoms with Gasteiger partial charge in [0, 0.05) is 61.5 Å². The van der Waals surface area contributed by atoms with Crippen LogP contribution >= 0.6 is 35.0 Å². The van der Waals surface area contributed by atoms with Crippen molar-refractivity contribution in [2.24, 2.45) is 0 Å². The van der Waals surface area contributed by atoms with E-state index in [-0.39, 0.29) is 0 Å². The van der Waals surface area contributed by atoms with Crippen LogP contribution in [0.5, 0.6) is 0 Å². The molecule has 2 rings (SSSR count). The second-order valence-corrected chi connectivity index (χ2v) is 7.30. The fourth-order valence-electron chi connectivity index (χ4n) is 2.26. The molecule has 1 N–H and O–H groups in total. The van der Waals surface area contributed by atoms with Crippen molar-refractivity contribution in [3.05, 3.63) is 28.2 Å². The molecule has 0 spiro atoms. The molecule has 1 aromatic rings. The molecule has 1 fully saturated rings. The van der Waals surface area contributed by atoms with E-state index >= 15 is 0 Å². The van der Waals surface area contributed by atoms with Gasteiger partial charge in [-0.05, 0) is 25.2 Å². The van der Waals surface area contributed by atoms with Gasteiger partial charge >= 0.3 is 0 Å². The van der Waals surface area contributed by atoms with E-state index in [0.717, 1.165) is 53.4 Å². The molecule has 0 amide bonds. The first-order valence-corrected chi connectivity index (χ1v) is 9.09. The maximum atomic E-state index is 6.17. The van der Waals surface area contributed by atoms with Gasteiger partial charge in [0.05, 0.1) is 5.02 Å². The van der Waals surface area contributed by atoms with Gasteiger partial charge < -0.3 is 10.2 Å². The lowest BCUT2D eigenvalue weighted by Gasteiger charge is -2.29. The largest absolute Gasteiger partial charge is 0.314 e. The van der Waals surface area contributed by atoms with Crippen LogP contribution in [0.4, 0.5) is 0 Å². The average Bonchev–Trinajstić information content (AvgIpc) is 2.50. The van der Waals surface area contributed by atoms with Crippen LogP contribution in [0.25, 0.3) is 0 Å². The van der Waals surface area contributed by atoms with Gasteiger partial charge in [-0.25, -0.2) is 0 Å². The zero-order valence-electron chi connectivity index (χ0n) is 12.4. The number of nitrogens with zero attached hydrogens (tertiary/aromatic N) is 2. The third-order valence-corrected chi connectivity index (χ3v) is 5.34. The smallest absolute Gasteiger partial charge is 0.0542 e. The summed E-state index contributed by atoms with van der Waals surface area (Å²) >= 11 is 13.9. The topological polar surface area (TPSA) is 18.5 Å². The number of likely N-dealkylation sites (N-methyl/N-ethyl adjacent to an activating group) is 1. The number of halogens is 2. The van der Waals surface area contributed by atoms with Crippen molar-refractivity contribution in [2.45, 2.75) is 4.90 Å². The second-order valence-electron chi connectivity index (χ2n) is 5.32. The molecule has 1 aromatic carbocycles. The van der Waals surface area contributed by atoms with Crippen LogP contribution in [-0.2, 0) is 0 Å². The van der Waals surface area contributed by atoms with E-state index in [9.17, 15) is 0 Å². The minimum Gasteiger partial charge on any atom is -0.314 e. The zero-order chi connectivity index (χ0) is 15.1. The Kier molecular flexibility index (Phi) is 7.64. The molecule has 1 aliphatic heterocycles. The van der Waals surface area contributed by atoms with Gasteiger partial charge in [0.15, 0.2) is 0 Å². The molecule has 0 radical (unpaired) electrons. The summed E-state index contributed by atoms with van der Waals surface area (Å²) in [4.78, 5) is 5.97. The van der Waals surface area contributed by atoms with E-state index in [0.29, 0.717) is 0 Å². The molecule has 0 unspecified atom stereocenters. The molecule has 0 aromatic heterocycles. The molecular weight excluding hydrogens is 325 g/mol. The van der Waals surface area contributed by atoms with Gasteiger partial charge in [0.1, 0.15) is 0 Å². The fourth-order valence-corrected chi connectivity index (χ4v) is 3.82. The Labute approximate surface area is 142 Å². The Morgan fingerprint density at radius 1 is 1.24 bits per heavy atom. The number of benzene rings is 1. The van der Waals surface area contributed by atoms with Crippen LogP contribution in [0.3, 0.4) is 0 Å². The number of piperazine rings is 1. The highest BCUT2D eigenvalue weighted by molar-refractivity contribution is 7.99. The molecule has 3 nitrogen and oxygen atoms in total. The van der Waals surface area contributed by atoms with Crippen LogP contribution in [0.2, 0.25) is 10.0 Å². The van der Waals surface area contributed by atoms with Crippen molar-refractivity contribution in [1.82, 2.24) is 15.1 Å². The average molecular weight is 348 g/mol. The van der Waals surface area contributed by atoms with Crippen molar-refractivity contribution in [2.75, 3.05) is 58.6 Å². The molecule has 118 valence electrons. The molecule has 0 saturated carbocycles. The van der Waals surface area contributed by atoms with Gasteiger partial charge in [-0.3, -0.25) is 4.90 Å². The van der Waals surface area contributed by atoms with Gasteiger partial charge in [-0.1, -0.05) is 23.2 Å². The number of rotatable bonds is 7. The predicted octanol–water partition coefficient (Wildman–Crippen LogP) is 2.92. The van der Waals surface area contributed by atoms with E-state index in [1.54, 1.807) is 11.8 Å². The molecule has 6 heteroatoms. The highest BCUT2D eigenvalue weighted by atomic mass is 35.5. The van der Waals surface area contributed by atoms with Gasteiger partial charge in [-0.15, -0.1) is 11.8 Å². The summed E-state index contributed by atoms with van der Waals surface area (Å²) in [6.45, 7) is 7.89. The Hall–Kier alpha value is 0.0300. The summed E-state index contributed by atoms with van der Waals surface area (Å²) in [6, 6.07) is 5.63. The Morgan fingerprint density at radius 2 is 2.00 bits per heavy atom. The third-order valence-electron chi connectivity index (χ3n) is 3.63. The molecule has 0 atom stereocenters. The van der Waals surface area contributed by atoms with Crippen molar-refractivity contribution >= 4 is 35.0 Å². The summed E-state index contributed by atoms with van der Waals surface area (Å²) < 4.78 is 0. The van der Waals surface area contributed by atoms with Crippen LogP contribution in [0.15, 0.2) is 23.1 Å². The van der Waals surface area contributed by atoms with Crippen LogP contribution < -0.4 is 5.32 Å². The predicted molar refractivity (Wildman–Crippen MR) is 94.0 cm³/mol. The first-order valence-electron chi connectivity index (χ1n) is 7.34. The fraction of sp³-hybridized carbons (Fsp3) is 0.600. The normalized spacial score (nSPS) is 16.6. The Balaban J connectivity index is 1.64. The summed E-state index contributed by atoms with van der Waals surface area (Å²) in [5, 5.41) is 4.91. The molecule has 0 bridgehead atoms. The minimum atomic E-state index is 0.744. The molecule has 1 aliphatic rings. The molecule has 21 heavy (non-hydrogen) atoms. The van der Waals surface area contributed by atoms with E-state index in [2.05, 4.69) is 22.2 Å². The maximum absolute atomic E-state index is 6.17. The lowest BCUT2D eigenvalue weighted by Crippen LogP contribution is -2.46. The minimum absolute atomic E-state index is 0.744. The summed E-state index contributed by atoms with van der Waals surface area (Å²) in [5.74, 6) is 1.03. The SMILES string of the molecule is CN(CCSc1cc(Cl)ccc1Cl)CCN1CCNCC1. The molecular formula is C15H23Cl2N3S. The van der Waals surface area contributed by atoms with Gasteiger partial charge in [0.2, 0.25) is 0 Å². The maximum Gasteiger partial charge on any atom is 0.0542 e. The lowest BCUT2D eigenvalue weighted by atomic mass is 10.3. The highest BCUT2D eigenvalue weighted by Gasteiger charge is 2.10. The van der Waals surface area contributed by atoms with E-state index < -0.39 is 0 Å². The third kappa shape index (κ3) is 6.35. The molecule has 1 heterocycles. The molecule has 0 aliphatic carbocycles. The Morgan fingerprint density at radius 3 is 2.76 bits per heavy atom. The number of hydrogen-bond acceptors (Lipinski definition) is 4.